The molecule has 0 bridgehead atoms. The Morgan fingerprint density at radius 1 is 1.67 bits per heavy atom. The summed E-state index contributed by atoms with van der Waals surface area (Å²) >= 11 is 3.24. The number of hydrogen-bond donors (Lipinski definition) is 1. The van der Waals surface area contributed by atoms with Crippen LogP contribution in [-0.2, 0) is 0 Å². The second kappa shape index (κ2) is 6.05. The van der Waals surface area contributed by atoms with Crippen LogP contribution in [-0.4, -0.2) is 13.1 Å². The van der Waals surface area contributed by atoms with Gasteiger partial charge in [-0.2, -0.15) is 0 Å². The lowest BCUT2D eigenvalue weighted by atomic mass is 10.4. The van der Waals surface area contributed by atoms with E-state index in [0.29, 0.717) is 0 Å². The monoisotopic (exact) mass is 189 g/mol. The average Bonchev–Trinajstić information content (AvgIpc) is 1.80. The van der Waals surface area contributed by atoms with Gasteiger partial charge in [0.25, 0.3) is 0 Å². The maximum Gasteiger partial charge on any atom is 0.0265 e. The molecule has 52 valence electrons. The van der Waals surface area contributed by atoms with E-state index in [2.05, 4.69) is 34.4 Å². The zero-order valence-corrected chi connectivity index (χ0v) is 7.08. The van der Waals surface area contributed by atoms with Crippen LogP contribution in [0.4, 0.5) is 0 Å². The summed E-state index contributed by atoms with van der Waals surface area (Å²) in [6.07, 6.45) is 2.91. The fraction of sp³-hybridized carbons (Fsp3) is 0.429. The number of rotatable bonds is 5. The Bertz CT molecular complexity index is 99.1. The van der Waals surface area contributed by atoms with Crippen molar-refractivity contribution in [3.63, 3.8) is 0 Å². The molecule has 0 fully saturated rings. The fourth-order valence-corrected chi connectivity index (χ4v) is 0.626. The third-order valence-electron chi connectivity index (χ3n) is 0.842. The highest BCUT2D eigenvalue weighted by atomic mass is 79.9. The third kappa shape index (κ3) is 7.92. The van der Waals surface area contributed by atoms with Crippen LogP contribution >= 0.6 is 15.9 Å². The molecule has 0 saturated heterocycles. The van der Waals surface area contributed by atoms with Gasteiger partial charge < -0.3 is 5.32 Å². The largest absolute Gasteiger partial charge is 0.312 e. The van der Waals surface area contributed by atoms with Crippen LogP contribution in [0.25, 0.3) is 0 Å². The summed E-state index contributed by atoms with van der Waals surface area (Å²) in [6, 6.07) is 0. The van der Waals surface area contributed by atoms with Crippen LogP contribution in [0.1, 0.15) is 6.42 Å². The van der Waals surface area contributed by atoms with Crippen molar-refractivity contribution in [2.75, 3.05) is 13.1 Å². The zero-order chi connectivity index (χ0) is 7.11. The summed E-state index contributed by atoms with van der Waals surface area (Å²) in [5.41, 5.74) is 0. The van der Waals surface area contributed by atoms with Crippen molar-refractivity contribution in [2.45, 2.75) is 6.42 Å². The van der Waals surface area contributed by atoms with Crippen molar-refractivity contribution >= 4 is 15.9 Å². The Morgan fingerprint density at radius 3 is 2.78 bits per heavy atom. The highest BCUT2D eigenvalue weighted by Crippen LogP contribution is 1.96. The average molecular weight is 190 g/mol. The first kappa shape index (κ1) is 8.92. The Kier molecular flexibility index (Phi) is 5.99. The molecule has 0 aromatic carbocycles. The van der Waals surface area contributed by atoms with Gasteiger partial charge in [0.2, 0.25) is 0 Å². The van der Waals surface area contributed by atoms with Gasteiger partial charge in [0.1, 0.15) is 0 Å². The van der Waals surface area contributed by atoms with E-state index in [1.54, 1.807) is 0 Å². The molecule has 1 nitrogen and oxygen atoms in total. The first-order valence-corrected chi connectivity index (χ1v) is 3.71. The van der Waals surface area contributed by atoms with Crippen LogP contribution in [0.3, 0.4) is 0 Å². The summed E-state index contributed by atoms with van der Waals surface area (Å²) in [6.45, 7) is 9.11. The second-order valence-corrected chi connectivity index (χ2v) is 2.89. The lowest BCUT2D eigenvalue weighted by Crippen LogP contribution is -2.15. The molecule has 1 N–H and O–H groups in total. The van der Waals surface area contributed by atoms with Crippen molar-refractivity contribution in [1.82, 2.24) is 5.32 Å². The van der Waals surface area contributed by atoms with Gasteiger partial charge in [0, 0.05) is 11.0 Å². The molecule has 0 aliphatic heterocycles. The molecule has 0 aromatic rings. The van der Waals surface area contributed by atoms with E-state index in [1.807, 2.05) is 6.08 Å². The number of halogens is 1. The first-order valence-electron chi connectivity index (χ1n) is 2.92. The van der Waals surface area contributed by atoms with Crippen LogP contribution in [0, 0.1) is 0 Å². The SMILES string of the molecule is C=CCCNCC(=C)Br. The Hall–Kier alpha value is -0.0800. The minimum Gasteiger partial charge on any atom is -0.312 e. The van der Waals surface area contributed by atoms with E-state index in [1.165, 1.54) is 0 Å². The van der Waals surface area contributed by atoms with Gasteiger partial charge in [-0.3, -0.25) is 0 Å². The predicted octanol–water partition coefficient (Wildman–Crippen LogP) is 2.06. The van der Waals surface area contributed by atoms with Crippen LogP contribution in [0.15, 0.2) is 23.7 Å². The Morgan fingerprint density at radius 2 is 2.33 bits per heavy atom. The molecule has 0 radical (unpaired) electrons. The molecule has 0 aromatic heterocycles. The zero-order valence-electron chi connectivity index (χ0n) is 5.49. The molecule has 0 aliphatic carbocycles. The maximum atomic E-state index is 3.68. The molecular weight excluding hydrogens is 178 g/mol. The molecule has 0 atom stereocenters. The topological polar surface area (TPSA) is 12.0 Å². The van der Waals surface area contributed by atoms with Crippen molar-refractivity contribution in [2.24, 2.45) is 0 Å². The standard InChI is InChI=1S/C7H12BrN/c1-3-4-5-9-6-7(2)8/h3,9H,1-2,4-6H2. The second-order valence-electron chi connectivity index (χ2n) is 1.77. The van der Waals surface area contributed by atoms with Gasteiger partial charge in [0.15, 0.2) is 0 Å². The van der Waals surface area contributed by atoms with Gasteiger partial charge >= 0.3 is 0 Å². The van der Waals surface area contributed by atoms with Gasteiger partial charge in [-0.25, -0.2) is 0 Å². The molecule has 2 heteroatoms. The van der Waals surface area contributed by atoms with Gasteiger partial charge in [0.05, 0.1) is 0 Å². The summed E-state index contributed by atoms with van der Waals surface area (Å²) in [7, 11) is 0. The highest BCUT2D eigenvalue weighted by molar-refractivity contribution is 9.11. The minimum atomic E-state index is 0.841. The third-order valence-corrected chi connectivity index (χ3v) is 1.12. The summed E-state index contributed by atoms with van der Waals surface area (Å²) in [5.74, 6) is 0. The molecule has 0 saturated carbocycles. The van der Waals surface area contributed by atoms with Crippen molar-refractivity contribution in [1.29, 1.82) is 0 Å². The van der Waals surface area contributed by atoms with E-state index in [0.717, 1.165) is 24.0 Å². The van der Waals surface area contributed by atoms with Crippen molar-refractivity contribution < 1.29 is 0 Å². The summed E-state index contributed by atoms with van der Waals surface area (Å²) in [4.78, 5) is 0. The summed E-state index contributed by atoms with van der Waals surface area (Å²) in [5, 5.41) is 3.17. The normalized spacial score (nSPS) is 9.00. The molecular formula is C7H12BrN. The first-order chi connectivity index (χ1) is 4.27. The van der Waals surface area contributed by atoms with Crippen molar-refractivity contribution in [3.05, 3.63) is 23.7 Å². The van der Waals surface area contributed by atoms with Crippen LogP contribution < -0.4 is 5.32 Å². The van der Waals surface area contributed by atoms with E-state index in [-0.39, 0.29) is 0 Å². The smallest absolute Gasteiger partial charge is 0.0265 e. The van der Waals surface area contributed by atoms with Crippen molar-refractivity contribution in [3.8, 4) is 0 Å². The van der Waals surface area contributed by atoms with Gasteiger partial charge in [-0.15, -0.1) is 6.58 Å². The minimum absolute atomic E-state index is 0.841. The number of hydrogen-bond acceptors (Lipinski definition) is 1. The fourth-order valence-electron chi connectivity index (χ4n) is 0.428. The Labute approximate surface area is 65.0 Å². The van der Waals surface area contributed by atoms with E-state index in [4.69, 9.17) is 0 Å². The lowest BCUT2D eigenvalue weighted by Gasteiger charge is -1.98. The van der Waals surface area contributed by atoms with Gasteiger partial charge in [-0.1, -0.05) is 28.6 Å². The van der Waals surface area contributed by atoms with Crippen LogP contribution in [0.2, 0.25) is 0 Å². The Balaban J connectivity index is 2.91. The predicted molar refractivity (Wildman–Crippen MR) is 45.8 cm³/mol. The molecule has 0 heterocycles. The number of nitrogens with one attached hydrogen (secondary N) is 1. The maximum absolute atomic E-state index is 3.68. The molecule has 0 spiro atoms. The molecule has 0 unspecified atom stereocenters. The van der Waals surface area contributed by atoms with Gasteiger partial charge in [-0.05, 0) is 13.0 Å². The molecule has 9 heavy (non-hydrogen) atoms. The summed E-state index contributed by atoms with van der Waals surface area (Å²) < 4.78 is 0.992. The quantitative estimate of drug-likeness (QED) is 0.516. The highest BCUT2D eigenvalue weighted by Gasteiger charge is 1.84. The van der Waals surface area contributed by atoms with E-state index >= 15 is 0 Å². The van der Waals surface area contributed by atoms with E-state index in [9.17, 15) is 0 Å². The lowest BCUT2D eigenvalue weighted by molar-refractivity contribution is 0.755. The van der Waals surface area contributed by atoms with Crippen LogP contribution in [0.5, 0.6) is 0 Å². The van der Waals surface area contributed by atoms with E-state index < -0.39 is 0 Å². The molecule has 0 aliphatic rings. The molecule has 0 amide bonds. The molecule has 0 rings (SSSR count).